The molecule has 0 aromatic heterocycles. The Balaban J connectivity index is 2.31. The van der Waals surface area contributed by atoms with Crippen LogP contribution < -0.4 is 5.32 Å². The van der Waals surface area contributed by atoms with Crippen molar-refractivity contribution in [2.45, 2.75) is 51.5 Å². The van der Waals surface area contributed by atoms with Crippen LogP contribution in [0.4, 0.5) is 0 Å². The van der Waals surface area contributed by atoms with Gasteiger partial charge in [0.25, 0.3) is 0 Å². The first-order valence-electron chi connectivity index (χ1n) is 5.80. The topological polar surface area (TPSA) is 12.0 Å². The van der Waals surface area contributed by atoms with Crippen molar-refractivity contribution in [3.63, 3.8) is 0 Å². The third kappa shape index (κ3) is 4.02. The second-order valence-corrected chi connectivity index (χ2v) is 4.85. The van der Waals surface area contributed by atoms with Crippen LogP contribution in [0.2, 0.25) is 0 Å². The maximum atomic E-state index is 5.76. The summed E-state index contributed by atoms with van der Waals surface area (Å²) >= 11 is 5.76. The van der Waals surface area contributed by atoms with Gasteiger partial charge < -0.3 is 5.32 Å². The SMILES string of the molecule is C=C(Cl)CNC(CC)C1CCCCC1. The molecule has 0 aromatic carbocycles. The second kappa shape index (κ2) is 6.47. The molecule has 1 saturated carbocycles. The second-order valence-electron chi connectivity index (χ2n) is 4.31. The predicted octanol–water partition coefficient (Wildman–Crippen LogP) is 3.69. The molecular formula is C12H22ClN. The molecule has 2 heteroatoms. The molecule has 14 heavy (non-hydrogen) atoms. The molecule has 0 aromatic rings. The Kier molecular flexibility index (Phi) is 5.57. The molecule has 0 spiro atoms. The Morgan fingerprint density at radius 3 is 2.57 bits per heavy atom. The molecule has 0 radical (unpaired) electrons. The summed E-state index contributed by atoms with van der Waals surface area (Å²) in [6, 6.07) is 0.644. The van der Waals surface area contributed by atoms with Crippen molar-refractivity contribution >= 4 is 11.6 Å². The van der Waals surface area contributed by atoms with Gasteiger partial charge in [0.2, 0.25) is 0 Å². The van der Waals surface area contributed by atoms with Crippen LogP contribution in [-0.4, -0.2) is 12.6 Å². The van der Waals surface area contributed by atoms with Gasteiger partial charge in [-0.25, -0.2) is 0 Å². The standard InChI is InChI=1S/C12H22ClN/c1-3-12(14-9-10(2)13)11-7-5-4-6-8-11/h11-12,14H,2-9H2,1H3. The van der Waals surface area contributed by atoms with E-state index in [9.17, 15) is 0 Å². The van der Waals surface area contributed by atoms with E-state index < -0.39 is 0 Å². The molecule has 1 nitrogen and oxygen atoms in total. The third-order valence-electron chi connectivity index (χ3n) is 3.21. The molecule has 0 bridgehead atoms. The zero-order valence-corrected chi connectivity index (χ0v) is 9.95. The lowest BCUT2D eigenvalue weighted by Gasteiger charge is -2.30. The molecule has 1 aliphatic carbocycles. The van der Waals surface area contributed by atoms with E-state index in [0.29, 0.717) is 6.04 Å². The highest BCUT2D eigenvalue weighted by molar-refractivity contribution is 6.29. The predicted molar refractivity (Wildman–Crippen MR) is 63.6 cm³/mol. The molecule has 1 rings (SSSR count). The quantitative estimate of drug-likeness (QED) is 0.738. The van der Waals surface area contributed by atoms with Crippen molar-refractivity contribution in [3.05, 3.63) is 11.6 Å². The summed E-state index contributed by atoms with van der Waals surface area (Å²) in [5, 5.41) is 4.23. The Morgan fingerprint density at radius 2 is 2.07 bits per heavy atom. The van der Waals surface area contributed by atoms with Gasteiger partial charge in [-0.2, -0.15) is 0 Å². The van der Waals surface area contributed by atoms with Crippen LogP contribution in [0.25, 0.3) is 0 Å². The van der Waals surface area contributed by atoms with Crippen LogP contribution in [0, 0.1) is 5.92 Å². The fourth-order valence-corrected chi connectivity index (χ4v) is 2.50. The fourth-order valence-electron chi connectivity index (χ4n) is 2.42. The monoisotopic (exact) mass is 215 g/mol. The van der Waals surface area contributed by atoms with Gasteiger partial charge in [0.05, 0.1) is 0 Å². The summed E-state index contributed by atoms with van der Waals surface area (Å²) in [5.74, 6) is 0.866. The summed E-state index contributed by atoms with van der Waals surface area (Å²) < 4.78 is 0. The summed E-state index contributed by atoms with van der Waals surface area (Å²) in [7, 11) is 0. The van der Waals surface area contributed by atoms with E-state index in [4.69, 9.17) is 11.6 Å². The fraction of sp³-hybridized carbons (Fsp3) is 0.833. The molecule has 1 atom stereocenters. The lowest BCUT2D eigenvalue weighted by molar-refractivity contribution is 0.268. The first-order valence-corrected chi connectivity index (χ1v) is 6.18. The number of rotatable bonds is 5. The van der Waals surface area contributed by atoms with E-state index in [2.05, 4.69) is 18.8 Å². The van der Waals surface area contributed by atoms with Crippen LogP contribution in [0.5, 0.6) is 0 Å². The van der Waals surface area contributed by atoms with Crippen molar-refractivity contribution in [2.75, 3.05) is 6.54 Å². The average Bonchev–Trinajstić information content (AvgIpc) is 2.20. The Bertz CT molecular complexity index is 173. The van der Waals surface area contributed by atoms with Crippen molar-refractivity contribution < 1.29 is 0 Å². The van der Waals surface area contributed by atoms with Crippen molar-refractivity contribution in [1.82, 2.24) is 5.32 Å². The minimum Gasteiger partial charge on any atom is -0.309 e. The minimum absolute atomic E-state index is 0.644. The van der Waals surface area contributed by atoms with Gasteiger partial charge in [-0.15, -0.1) is 0 Å². The first-order chi connectivity index (χ1) is 6.74. The van der Waals surface area contributed by atoms with Crippen LogP contribution >= 0.6 is 11.6 Å². The Labute approximate surface area is 92.9 Å². The molecule has 1 unspecified atom stereocenters. The van der Waals surface area contributed by atoms with Crippen molar-refractivity contribution in [3.8, 4) is 0 Å². The zero-order chi connectivity index (χ0) is 10.4. The smallest absolute Gasteiger partial charge is 0.0310 e. The van der Waals surface area contributed by atoms with Crippen LogP contribution in [-0.2, 0) is 0 Å². The van der Waals surface area contributed by atoms with Gasteiger partial charge in [-0.05, 0) is 25.2 Å². The molecule has 1 aliphatic rings. The molecule has 1 fully saturated rings. The zero-order valence-electron chi connectivity index (χ0n) is 9.19. The number of hydrogen-bond acceptors (Lipinski definition) is 1. The first kappa shape index (κ1) is 12.1. The largest absolute Gasteiger partial charge is 0.309 e. The number of halogens is 1. The summed E-state index contributed by atoms with van der Waals surface area (Å²) in [6.45, 7) is 6.72. The van der Waals surface area contributed by atoms with Gasteiger partial charge >= 0.3 is 0 Å². The van der Waals surface area contributed by atoms with Crippen LogP contribution in [0.1, 0.15) is 45.4 Å². The highest BCUT2D eigenvalue weighted by atomic mass is 35.5. The maximum absolute atomic E-state index is 5.76. The average molecular weight is 216 g/mol. The van der Waals surface area contributed by atoms with Gasteiger partial charge in [0.15, 0.2) is 0 Å². The molecule has 0 saturated heterocycles. The maximum Gasteiger partial charge on any atom is 0.0310 e. The van der Waals surface area contributed by atoms with Gasteiger partial charge in [-0.3, -0.25) is 0 Å². The van der Waals surface area contributed by atoms with E-state index in [1.807, 2.05) is 0 Å². The summed E-state index contributed by atoms with van der Waals surface area (Å²) in [5.41, 5.74) is 0. The van der Waals surface area contributed by atoms with E-state index >= 15 is 0 Å². The molecule has 1 N–H and O–H groups in total. The number of nitrogens with one attached hydrogen (secondary N) is 1. The van der Waals surface area contributed by atoms with Gasteiger partial charge in [0, 0.05) is 17.6 Å². The minimum atomic E-state index is 0.644. The van der Waals surface area contributed by atoms with E-state index in [1.54, 1.807) is 0 Å². The molecule has 82 valence electrons. The Hall–Kier alpha value is -0.0100. The third-order valence-corrected chi connectivity index (χ3v) is 3.35. The Morgan fingerprint density at radius 1 is 1.43 bits per heavy atom. The highest BCUT2D eigenvalue weighted by Gasteiger charge is 2.21. The van der Waals surface area contributed by atoms with Gasteiger partial charge in [0.1, 0.15) is 0 Å². The van der Waals surface area contributed by atoms with Crippen molar-refractivity contribution in [1.29, 1.82) is 0 Å². The number of hydrogen-bond donors (Lipinski definition) is 1. The van der Waals surface area contributed by atoms with E-state index in [-0.39, 0.29) is 0 Å². The molecule has 0 aliphatic heterocycles. The molecule has 0 heterocycles. The summed E-state index contributed by atoms with van der Waals surface area (Å²) in [6.07, 6.45) is 8.22. The molecular weight excluding hydrogens is 194 g/mol. The van der Waals surface area contributed by atoms with Crippen LogP contribution in [0.15, 0.2) is 11.6 Å². The normalized spacial score (nSPS) is 20.7. The van der Waals surface area contributed by atoms with E-state index in [1.165, 1.54) is 38.5 Å². The lowest BCUT2D eigenvalue weighted by Crippen LogP contribution is -2.37. The highest BCUT2D eigenvalue weighted by Crippen LogP contribution is 2.27. The molecule has 0 amide bonds. The van der Waals surface area contributed by atoms with Crippen molar-refractivity contribution in [2.24, 2.45) is 5.92 Å². The van der Waals surface area contributed by atoms with E-state index in [0.717, 1.165) is 17.5 Å². The van der Waals surface area contributed by atoms with Gasteiger partial charge in [-0.1, -0.05) is 44.4 Å². The summed E-state index contributed by atoms with van der Waals surface area (Å²) in [4.78, 5) is 0. The lowest BCUT2D eigenvalue weighted by atomic mass is 9.83. The van der Waals surface area contributed by atoms with Crippen LogP contribution in [0.3, 0.4) is 0 Å².